The highest BCUT2D eigenvalue weighted by Crippen LogP contribution is 2.06. The fraction of sp³-hybridized carbons (Fsp3) is 0.125. The summed E-state index contributed by atoms with van der Waals surface area (Å²) in [7, 11) is 0. The molecule has 0 saturated heterocycles. The van der Waals surface area contributed by atoms with E-state index in [0.29, 0.717) is 5.56 Å². The number of carbonyl (C=O) groups is 1. The maximum Gasteiger partial charge on any atom is 0.238 e. The molecule has 0 aromatic heterocycles. The van der Waals surface area contributed by atoms with Crippen LogP contribution in [0.3, 0.4) is 0 Å². The number of amides is 1. The van der Waals surface area contributed by atoms with Gasteiger partial charge >= 0.3 is 0 Å². The average Bonchev–Trinajstić information content (AvgIpc) is 2.09. The molecular formula is C8H9FN2O. The summed E-state index contributed by atoms with van der Waals surface area (Å²) in [6.07, 6.45) is -0.0246. The van der Waals surface area contributed by atoms with Crippen LogP contribution in [0.15, 0.2) is 24.3 Å². The van der Waals surface area contributed by atoms with E-state index >= 15 is 0 Å². The number of nitrogens with one attached hydrogen (secondary N) is 1. The quantitative estimate of drug-likeness (QED) is 0.380. The standard InChI is InChI=1S/C8H9FN2O/c9-7-4-2-1-3-6(7)5-8(12)11-10/h1-4H,5,10H2,(H,11,12). The monoisotopic (exact) mass is 168 g/mol. The number of halogens is 1. The van der Waals surface area contributed by atoms with Crippen LogP contribution in [0.25, 0.3) is 0 Å². The summed E-state index contributed by atoms with van der Waals surface area (Å²) >= 11 is 0. The van der Waals surface area contributed by atoms with Gasteiger partial charge in [-0.15, -0.1) is 0 Å². The molecule has 1 rings (SSSR count). The van der Waals surface area contributed by atoms with Gasteiger partial charge < -0.3 is 0 Å². The Morgan fingerprint density at radius 2 is 2.17 bits per heavy atom. The van der Waals surface area contributed by atoms with Crippen molar-refractivity contribution >= 4 is 5.91 Å². The van der Waals surface area contributed by atoms with Gasteiger partial charge in [-0.2, -0.15) is 0 Å². The molecular weight excluding hydrogens is 159 g/mol. The van der Waals surface area contributed by atoms with Crippen molar-refractivity contribution in [3.63, 3.8) is 0 Å². The molecule has 1 aromatic rings. The van der Waals surface area contributed by atoms with Crippen molar-refractivity contribution in [2.45, 2.75) is 6.42 Å². The van der Waals surface area contributed by atoms with Crippen molar-refractivity contribution < 1.29 is 9.18 Å². The molecule has 1 aromatic carbocycles. The van der Waals surface area contributed by atoms with Crippen LogP contribution in [0.5, 0.6) is 0 Å². The highest BCUT2D eigenvalue weighted by Gasteiger charge is 2.04. The van der Waals surface area contributed by atoms with Crippen molar-refractivity contribution in [1.82, 2.24) is 5.43 Å². The van der Waals surface area contributed by atoms with Crippen molar-refractivity contribution in [1.29, 1.82) is 0 Å². The Morgan fingerprint density at radius 3 is 2.75 bits per heavy atom. The summed E-state index contributed by atoms with van der Waals surface area (Å²) < 4.78 is 12.9. The number of rotatable bonds is 2. The van der Waals surface area contributed by atoms with Crippen LogP contribution in [0.2, 0.25) is 0 Å². The van der Waals surface area contributed by atoms with Gasteiger partial charge in [0.15, 0.2) is 0 Å². The second-order valence-electron chi connectivity index (χ2n) is 2.34. The molecule has 0 atom stereocenters. The lowest BCUT2D eigenvalue weighted by atomic mass is 10.1. The second-order valence-corrected chi connectivity index (χ2v) is 2.34. The van der Waals surface area contributed by atoms with E-state index in [9.17, 15) is 9.18 Å². The smallest absolute Gasteiger partial charge is 0.238 e. The Morgan fingerprint density at radius 1 is 1.50 bits per heavy atom. The van der Waals surface area contributed by atoms with Crippen molar-refractivity contribution in [3.05, 3.63) is 35.6 Å². The highest BCUT2D eigenvalue weighted by atomic mass is 19.1. The number of hydrogen-bond donors (Lipinski definition) is 2. The van der Waals surface area contributed by atoms with Crippen molar-refractivity contribution in [2.24, 2.45) is 5.84 Å². The summed E-state index contributed by atoms with van der Waals surface area (Å²) in [5.74, 6) is 4.06. The first kappa shape index (κ1) is 8.67. The van der Waals surface area contributed by atoms with Gasteiger partial charge in [0.2, 0.25) is 5.91 Å². The fourth-order valence-electron chi connectivity index (χ4n) is 0.866. The SMILES string of the molecule is NNC(=O)Cc1ccccc1F. The zero-order valence-electron chi connectivity index (χ0n) is 6.38. The van der Waals surface area contributed by atoms with Gasteiger partial charge in [-0.3, -0.25) is 10.2 Å². The van der Waals surface area contributed by atoms with Crippen LogP contribution in [0.4, 0.5) is 4.39 Å². The molecule has 0 aliphatic rings. The zero-order chi connectivity index (χ0) is 8.97. The Bertz CT molecular complexity index is 288. The van der Waals surface area contributed by atoms with Gasteiger partial charge in [0.1, 0.15) is 5.82 Å². The van der Waals surface area contributed by atoms with E-state index in [-0.39, 0.29) is 12.2 Å². The van der Waals surface area contributed by atoms with Crippen LogP contribution in [-0.4, -0.2) is 5.91 Å². The number of carbonyl (C=O) groups excluding carboxylic acids is 1. The van der Waals surface area contributed by atoms with E-state index in [2.05, 4.69) is 0 Å². The Labute approximate surface area is 69.3 Å². The summed E-state index contributed by atoms with van der Waals surface area (Å²) in [6, 6.07) is 6.09. The zero-order valence-corrected chi connectivity index (χ0v) is 6.38. The number of hydrazine groups is 1. The van der Waals surface area contributed by atoms with Crippen molar-refractivity contribution in [3.8, 4) is 0 Å². The third-order valence-electron chi connectivity index (χ3n) is 1.47. The molecule has 0 heterocycles. The second kappa shape index (κ2) is 3.82. The van der Waals surface area contributed by atoms with Crippen molar-refractivity contribution in [2.75, 3.05) is 0 Å². The van der Waals surface area contributed by atoms with E-state index in [1.807, 2.05) is 5.43 Å². The first-order chi connectivity index (χ1) is 5.74. The molecule has 12 heavy (non-hydrogen) atoms. The summed E-state index contributed by atoms with van der Waals surface area (Å²) in [5, 5.41) is 0. The highest BCUT2D eigenvalue weighted by molar-refractivity contribution is 5.77. The predicted octanol–water partition coefficient (Wildman–Crippen LogP) is 0.358. The lowest BCUT2D eigenvalue weighted by Crippen LogP contribution is -2.31. The molecule has 64 valence electrons. The van der Waals surface area contributed by atoms with Crippen LogP contribution in [0.1, 0.15) is 5.56 Å². The van der Waals surface area contributed by atoms with E-state index in [4.69, 9.17) is 5.84 Å². The molecule has 0 spiro atoms. The molecule has 0 fully saturated rings. The Balaban J connectivity index is 2.75. The number of benzene rings is 1. The topological polar surface area (TPSA) is 55.1 Å². The molecule has 0 radical (unpaired) electrons. The molecule has 0 bridgehead atoms. The van der Waals surface area contributed by atoms with Crippen LogP contribution in [0, 0.1) is 5.82 Å². The molecule has 0 saturated carbocycles. The van der Waals surface area contributed by atoms with Gasteiger partial charge in [0.25, 0.3) is 0 Å². The molecule has 3 N–H and O–H groups in total. The summed E-state index contributed by atoms with van der Waals surface area (Å²) in [6.45, 7) is 0. The van der Waals surface area contributed by atoms with E-state index < -0.39 is 5.91 Å². The Kier molecular flexibility index (Phi) is 2.76. The molecule has 0 aliphatic carbocycles. The minimum atomic E-state index is -0.403. The lowest BCUT2D eigenvalue weighted by Gasteiger charge is -2.00. The van der Waals surface area contributed by atoms with Gasteiger partial charge in [-0.25, -0.2) is 10.2 Å². The number of nitrogens with two attached hydrogens (primary N) is 1. The number of hydrogen-bond acceptors (Lipinski definition) is 2. The van der Waals surface area contributed by atoms with E-state index in [1.165, 1.54) is 6.07 Å². The minimum absolute atomic E-state index is 0.0246. The molecule has 0 aliphatic heterocycles. The fourth-order valence-corrected chi connectivity index (χ4v) is 0.866. The average molecular weight is 168 g/mol. The van der Waals surface area contributed by atoms with Gasteiger partial charge in [0, 0.05) is 0 Å². The van der Waals surface area contributed by atoms with Gasteiger partial charge in [0.05, 0.1) is 6.42 Å². The first-order valence-corrected chi connectivity index (χ1v) is 3.47. The molecule has 3 nitrogen and oxygen atoms in total. The Hall–Kier alpha value is -1.42. The molecule has 0 unspecified atom stereocenters. The van der Waals surface area contributed by atoms with E-state index in [1.54, 1.807) is 18.2 Å². The van der Waals surface area contributed by atoms with Crippen LogP contribution in [-0.2, 0) is 11.2 Å². The lowest BCUT2D eigenvalue weighted by molar-refractivity contribution is -0.120. The third-order valence-corrected chi connectivity index (χ3v) is 1.47. The van der Waals surface area contributed by atoms with Gasteiger partial charge in [-0.05, 0) is 11.6 Å². The van der Waals surface area contributed by atoms with Crippen LogP contribution >= 0.6 is 0 Å². The third kappa shape index (κ3) is 2.03. The molecule has 4 heteroatoms. The van der Waals surface area contributed by atoms with Crippen LogP contribution < -0.4 is 11.3 Å². The maximum atomic E-state index is 12.9. The summed E-state index contributed by atoms with van der Waals surface area (Å²) in [5.41, 5.74) is 2.28. The summed E-state index contributed by atoms with van der Waals surface area (Å²) in [4.78, 5) is 10.7. The molecule has 1 amide bonds. The first-order valence-electron chi connectivity index (χ1n) is 3.47. The van der Waals surface area contributed by atoms with E-state index in [0.717, 1.165) is 0 Å². The predicted molar refractivity (Wildman–Crippen MR) is 42.4 cm³/mol. The normalized spacial score (nSPS) is 9.50. The minimum Gasteiger partial charge on any atom is -0.294 e. The van der Waals surface area contributed by atoms with Gasteiger partial charge in [-0.1, -0.05) is 18.2 Å². The maximum absolute atomic E-state index is 12.9. The largest absolute Gasteiger partial charge is 0.294 e.